The molecule has 47 valence electrons. The maximum absolute atomic E-state index is 11.8. The molecule has 0 aromatic carbocycles. The van der Waals surface area contributed by atoms with E-state index < -0.39 is 0 Å². The second-order valence-electron chi connectivity index (χ2n) is 2.10. The van der Waals surface area contributed by atoms with Gasteiger partial charge in [-0.25, -0.2) is 4.39 Å². The number of nitrogens with zero attached hydrogens (tertiary/aromatic N) is 1. The molecular weight excluding hydrogens is 105 g/mol. The zero-order valence-corrected chi connectivity index (χ0v) is 4.94. The molecule has 1 aliphatic rings. The van der Waals surface area contributed by atoms with Crippen molar-refractivity contribution in [3.05, 3.63) is 6.42 Å². The lowest BCUT2D eigenvalue weighted by molar-refractivity contribution is 0.172. The van der Waals surface area contributed by atoms with Crippen LogP contribution in [-0.4, -0.2) is 24.8 Å². The van der Waals surface area contributed by atoms with Gasteiger partial charge in [0.1, 0.15) is 6.80 Å². The van der Waals surface area contributed by atoms with Crippen molar-refractivity contribution in [3.63, 3.8) is 0 Å². The average Bonchev–Trinajstić information content (AvgIpc) is 1.90. The van der Waals surface area contributed by atoms with Gasteiger partial charge in [-0.3, -0.25) is 4.90 Å². The maximum Gasteiger partial charge on any atom is 0.143 e. The normalized spacial score (nSPS) is 23.6. The molecular formula is C6H11FN. The van der Waals surface area contributed by atoms with Crippen molar-refractivity contribution in [1.82, 2.24) is 4.90 Å². The van der Waals surface area contributed by atoms with Gasteiger partial charge in [-0.05, 0) is 19.3 Å². The molecule has 0 spiro atoms. The molecule has 0 unspecified atom stereocenters. The fraction of sp³-hybridized carbons (Fsp3) is 0.833. The molecule has 0 atom stereocenters. The largest absolute Gasteiger partial charge is 0.277 e. The van der Waals surface area contributed by atoms with E-state index in [1.807, 2.05) is 4.90 Å². The van der Waals surface area contributed by atoms with Crippen LogP contribution >= 0.6 is 0 Å². The summed E-state index contributed by atoms with van der Waals surface area (Å²) in [5, 5.41) is 0. The Morgan fingerprint density at radius 2 is 2.00 bits per heavy atom. The van der Waals surface area contributed by atoms with E-state index in [4.69, 9.17) is 0 Å². The Morgan fingerprint density at radius 3 is 2.38 bits per heavy atom. The molecule has 0 aliphatic carbocycles. The van der Waals surface area contributed by atoms with Gasteiger partial charge >= 0.3 is 0 Å². The standard InChI is InChI=1S/C6H11FN/c7-6-8-4-2-1-3-5-8/h1H,2-6H2. The highest BCUT2D eigenvalue weighted by atomic mass is 19.1. The number of likely N-dealkylation sites (tertiary alicyclic amines) is 1. The third-order valence-electron chi connectivity index (χ3n) is 1.47. The fourth-order valence-corrected chi connectivity index (χ4v) is 0.923. The molecule has 1 fully saturated rings. The summed E-state index contributed by atoms with van der Waals surface area (Å²) in [6.07, 6.45) is 4.33. The summed E-state index contributed by atoms with van der Waals surface area (Å²) in [5.41, 5.74) is 0. The molecule has 8 heavy (non-hydrogen) atoms. The molecule has 1 heterocycles. The van der Waals surface area contributed by atoms with Gasteiger partial charge in [0.15, 0.2) is 0 Å². The Labute approximate surface area is 49.5 Å². The molecule has 0 aromatic heterocycles. The summed E-state index contributed by atoms with van der Waals surface area (Å²) in [4.78, 5) is 1.82. The predicted molar refractivity (Wildman–Crippen MR) is 31.1 cm³/mol. The van der Waals surface area contributed by atoms with Crippen molar-refractivity contribution in [2.24, 2.45) is 0 Å². The lowest BCUT2D eigenvalue weighted by Gasteiger charge is -2.22. The van der Waals surface area contributed by atoms with E-state index >= 15 is 0 Å². The van der Waals surface area contributed by atoms with Crippen LogP contribution in [0.5, 0.6) is 0 Å². The summed E-state index contributed by atoms with van der Waals surface area (Å²) < 4.78 is 11.8. The Hall–Kier alpha value is -0.110. The number of rotatable bonds is 1. The highest BCUT2D eigenvalue weighted by molar-refractivity contribution is 4.74. The summed E-state index contributed by atoms with van der Waals surface area (Å²) in [5.74, 6) is 0. The summed E-state index contributed by atoms with van der Waals surface area (Å²) in [7, 11) is 0. The van der Waals surface area contributed by atoms with Gasteiger partial charge in [0.05, 0.1) is 0 Å². The first kappa shape index (κ1) is 6.02. The van der Waals surface area contributed by atoms with Crippen molar-refractivity contribution in [1.29, 1.82) is 0 Å². The Kier molecular flexibility index (Phi) is 2.27. The van der Waals surface area contributed by atoms with Crippen LogP contribution in [0.15, 0.2) is 0 Å². The van der Waals surface area contributed by atoms with Crippen LogP contribution in [0.3, 0.4) is 0 Å². The maximum atomic E-state index is 11.8. The molecule has 0 aromatic rings. The van der Waals surface area contributed by atoms with Gasteiger partial charge in [-0.2, -0.15) is 0 Å². The van der Waals surface area contributed by atoms with Gasteiger partial charge in [0.2, 0.25) is 0 Å². The first-order valence-electron chi connectivity index (χ1n) is 3.03. The second kappa shape index (κ2) is 3.02. The van der Waals surface area contributed by atoms with Gasteiger partial charge in [0.25, 0.3) is 0 Å². The molecule has 1 aliphatic heterocycles. The highest BCUT2D eigenvalue weighted by Gasteiger charge is 2.07. The first-order chi connectivity index (χ1) is 3.93. The topological polar surface area (TPSA) is 3.24 Å². The van der Waals surface area contributed by atoms with Crippen LogP contribution < -0.4 is 0 Å². The van der Waals surface area contributed by atoms with E-state index in [2.05, 4.69) is 6.42 Å². The molecule has 1 saturated heterocycles. The lowest BCUT2D eigenvalue weighted by Crippen LogP contribution is -2.28. The Morgan fingerprint density at radius 1 is 1.38 bits per heavy atom. The fourth-order valence-electron chi connectivity index (χ4n) is 0.923. The quantitative estimate of drug-likeness (QED) is 0.465. The van der Waals surface area contributed by atoms with Gasteiger partial charge < -0.3 is 0 Å². The van der Waals surface area contributed by atoms with Crippen molar-refractivity contribution >= 4 is 0 Å². The van der Waals surface area contributed by atoms with Crippen LogP contribution in [0.1, 0.15) is 12.8 Å². The average molecular weight is 116 g/mol. The molecule has 2 heteroatoms. The molecule has 0 bridgehead atoms. The molecule has 0 saturated carbocycles. The lowest BCUT2D eigenvalue weighted by atomic mass is 10.1. The minimum atomic E-state index is -0.270. The van der Waals surface area contributed by atoms with Crippen molar-refractivity contribution in [3.8, 4) is 0 Å². The van der Waals surface area contributed by atoms with E-state index in [0.717, 1.165) is 25.9 Å². The van der Waals surface area contributed by atoms with Crippen molar-refractivity contribution in [2.45, 2.75) is 12.8 Å². The van der Waals surface area contributed by atoms with E-state index in [0.29, 0.717) is 0 Å². The minimum Gasteiger partial charge on any atom is -0.277 e. The van der Waals surface area contributed by atoms with E-state index in [-0.39, 0.29) is 6.80 Å². The summed E-state index contributed by atoms with van der Waals surface area (Å²) in [6, 6.07) is 0. The smallest absolute Gasteiger partial charge is 0.143 e. The Balaban J connectivity index is 2.13. The van der Waals surface area contributed by atoms with Gasteiger partial charge in [0, 0.05) is 13.1 Å². The molecule has 1 radical (unpaired) electrons. The second-order valence-corrected chi connectivity index (χ2v) is 2.10. The van der Waals surface area contributed by atoms with E-state index in [1.165, 1.54) is 0 Å². The number of piperidine rings is 1. The van der Waals surface area contributed by atoms with E-state index in [9.17, 15) is 4.39 Å². The van der Waals surface area contributed by atoms with Crippen LogP contribution in [0, 0.1) is 6.42 Å². The van der Waals surface area contributed by atoms with Crippen molar-refractivity contribution in [2.75, 3.05) is 19.9 Å². The minimum absolute atomic E-state index is 0.270. The third kappa shape index (κ3) is 1.44. The van der Waals surface area contributed by atoms with Crippen LogP contribution in [0.4, 0.5) is 4.39 Å². The number of hydrogen-bond acceptors (Lipinski definition) is 1. The number of hydrogen-bond donors (Lipinski definition) is 0. The Bertz CT molecular complexity index is 59.5. The summed E-state index contributed by atoms with van der Waals surface area (Å²) >= 11 is 0. The molecule has 1 rings (SSSR count). The number of halogens is 1. The third-order valence-corrected chi connectivity index (χ3v) is 1.47. The first-order valence-corrected chi connectivity index (χ1v) is 3.03. The van der Waals surface area contributed by atoms with Gasteiger partial charge in [-0.15, -0.1) is 0 Å². The molecule has 0 N–H and O–H groups in total. The molecule has 0 amide bonds. The van der Waals surface area contributed by atoms with Crippen LogP contribution in [0.25, 0.3) is 0 Å². The zero-order chi connectivity index (χ0) is 5.82. The molecule has 1 nitrogen and oxygen atoms in total. The van der Waals surface area contributed by atoms with Crippen molar-refractivity contribution < 1.29 is 4.39 Å². The SMILES string of the molecule is FCN1CC[CH]CC1. The number of alkyl halides is 1. The van der Waals surface area contributed by atoms with E-state index in [1.54, 1.807) is 0 Å². The van der Waals surface area contributed by atoms with Gasteiger partial charge in [-0.1, -0.05) is 0 Å². The zero-order valence-electron chi connectivity index (χ0n) is 4.94. The monoisotopic (exact) mass is 116 g/mol. The predicted octanol–water partition coefficient (Wildman–Crippen LogP) is 1.21. The summed E-state index contributed by atoms with van der Waals surface area (Å²) in [6.45, 7) is 1.56. The van der Waals surface area contributed by atoms with Crippen LogP contribution in [0.2, 0.25) is 0 Å². The highest BCUT2D eigenvalue weighted by Crippen LogP contribution is 2.06. The van der Waals surface area contributed by atoms with Crippen LogP contribution in [-0.2, 0) is 0 Å².